The molecule has 0 aliphatic heterocycles. The molecule has 0 amide bonds. The van der Waals surface area contributed by atoms with Crippen molar-refractivity contribution in [2.45, 2.75) is 6.92 Å². The van der Waals surface area contributed by atoms with Gasteiger partial charge in [0.2, 0.25) is 0 Å². The highest BCUT2D eigenvalue weighted by Gasteiger charge is 2.14. The Morgan fingerprint density at radius 2 is 2.11 bits per heavy atom. The third-order valence-corrected chi connectivity index (χ3v) is 4.83. The Morgan fingerprint density at radius 1 is 1.28 bits per heavy atom. The second-order valence-corrected chi connectivity index (χ2v) is 5.80. The highest BCUT2D eigenvalue weighted by molar-refractivity contribution is 9.10. The molecule has 0 bridgehead atoms. The van der Waals surface area contributed by atoms with Crippen molar-refractivity contribution in [1.82, 2.24) is 15.0 Å². The van der Waals surface area contributed by atoms with Gasteiger partial charge >= 0.3 is 0 Å². The Bertz CT molecular complexity index is 724. The number of nitrogens with two attached hydrogens (primary N) is 1. The van der Waals surface area contributed by atoms with Crippen molar-refractivity contribution in [3.8, 4) is 11.5 Å². The molecule has 0 saturated heterocycles. The molecule has 0 aromatic carbocycles. The average molecular weight is 321 g/mol. The summed E-state index contributed by atoms with van der Waals surface area (Å²) in [6, 6.07) is 5.63. The van der Waals surface area contributed by atoms with Gasteiger partial charge in [-0.1, -0.05) is 6.07 Å². The Kier molecular flexibility index (Phi) is 2.76. The van der Waals surface area contributed by atoms with Gasteiger partial charge in [0.15, 0.2) is 5.82 Å². The zero-order valence-electron chi connectivity index (χ0n) is 9.51. The highest BCUT2D eigenvalue weighted by atomic mass is 79.9. The molecule has 6 heteroatoms. The number of rotatable bonds is 1. The van der Waals surface area contributed by atoms with Gasteiger partial charge in [-0.05, 0) is 35.0 Å². The highest BCUT2D eigenvalue weighted by Crippen LogP contribution is 2.37. The first-order valence-corrected chi connectivity index (χ1v) is 6.91. The molecule has 0 radical (unpaired) electrons. The van der Waals surface area contributed by atoms with Crippen LogP contribution in [0.1, 0.15) is 4.88 Å². The predicted molar refractivity (Wildman–Crippen MR) is 77.5 cm³/mol. The van der Waals surface area contributed by atoms with Crippen molar-refractivity contribution in [3.05, 3.63) is 33.7 Å². The summed E-state index contributed by atoms with van der Waals surface area (Å²) in [5.74, 6) is 1.05. The topological polar surface area (TPSA) is 64.7 Å². The van der Waals surface area contributed by atoms with Crippen molar-refractivity contribution in [2.75, 3.05) is 5.73 Å². The SMILES string of the molecule is Cc1sc2nc(-c3ccccn3)nc(N)c2c1Br. The van der Waals surface area contributed by atoms with E-state index in [1.807, 2.05) is 25.1 Å². The fraction of sp³-hybridized carbons (Fsp3) is 0.0833. The van der Waals surface area contributed by atoms with Crippen LogP contribution in [0.3, 0.4) is 0 Å². The zero-order chi connectivity index (χ0) is 12.7. The maximum Gasteiger partial charge on any atom is 0.181 e. The first-order chi connectivity index (χ1) is 8.66. The van der Waals surface area contributed by atoms with Gasteiger partial charge in [-0.2, -0.15) is 0 Å². The van der Waals surface area contributed by atoms with Crippen LogP contribution in [0.4, 0.5) is 5.82 Å². The summed E-state index contributed by atoms with van der Waals surface area (Å²) in [6.45, 7) is 2.02. The third kappa shape index (κ3) is 1.77. The number of pyridine rings is 1. The molecule has 90 valence electrons. The first-order valence-electron chi connectivity index (χ1n) is 5.30. The third-order valence-electron chi connectivity index (χ3n) is 2.58. The number of aryl methyl sites for hydroxylation is 1. The van der Waals surface area contributed by atoms with E-state index in [1.165, 1.54) is 0 Å². The Labute approximate surface area is 116 Å². The lowest BCUT2D eigenvalue weighted by Gasteiger charge is -2.01. The number of nitrogen functional groups attached to an aromatic ring is 1. The molecule has 3 rings (SSSR count). The molecule has 4 nitrogen and oxygen atoms in total. The summed E-state index contributed by atoms with van der Waals surface area (Å²) in [6.07, 6.45) is 1.72. The molecule has 0 aliphatic rings. The molecule has 18 heavy (non-hydrogen) atoms. The van der Waals surface area contributed by atoms with E-state index in [-0.39, 0.29) is 0 Å². The molecule has 0 saturated carbocycles. The molecule has 3 heterocycles. The van der Waals surface area contributed by atoms with Crippen LogP contribution < -0.4 is 5.73 Å². The number of halogens is 1. The Morgan fingerprint density at radius 3 is 2.83 bits per heavy atom. The molecule has 0 unspecified atom stereocenters. The van der Waals surface area contributed by atoms with Gasteiger partial charge < -0.3 is 5.73 Å². The summed E-state index contributed by atoms with van der Waals surface area (Å²) in [5, 5.41) is 0.886. The number of hydrogen-bond donors (Lipinski definition) is 1. The van der Waals surface area contributed by atoms with Gasteiger partial charge in [0.25, 0.3) is 0 Å². The molecule has 0 aliphatic carbocycles. The van der Waals surface area contributed by atoms with Crippen LogP contribution >= 0.6 is 27.3 Å². The molecule has 3 aromatic rings. The van der Waals surface area contributed by atoms with Crippen LogP contribution in [0.15, 0.2) is 28.9 Å². The van der Waals surface area contributed by atoms with E-state index in [4.69, 9.17) is 5.73 Å². The normalized spacial score (nSPS) is 11.0. The summed E-state index contributed by atoms with van der Waals surface area (Å²) in [4.78, 5) is 15.1. The lowest BCUT2D eigenvalue weighted by Crippen LogP contribution is -1.97. The lowest BCUT2D eigenvalue weighted by molar-refractivity contribution is 1.19. The molecule has 0 spiro atoms. The van der Waals surface area contributed by atoms with Crippen LogP contribution in [0.5, 0.6) is 0 Å². The van der Waals surface area contributed by atoms with Gasteiger partial charge in [0.05, 0.1) is 5.39 Å². The zero-order valence-corrected chi connectivity index (χ0v) is 11.9. The minimum absolute atomic E-state index is 0.483. The second-order valence-electron chi connectivity index (χ2n) is 3.80. The van der Waals surface area contributed by atoms with Gasteiger partial charge in [-0.15, -0.1) is 11.3 Å². The number of aromatic nitrogens is 3. The monoisotopic (exact) mass is 320 g/mol. The Balaban J connectivity index is 2.28. The summed E-state index contributed by atoms with van der Waals surface area (Å²) < 4.78 is 0.979. The molecule has 0 atom stereocenters. The minimum atomic E-state index is 0.483. The number of fused-ring (bicyclic) bond motifs is 1. The number of nitrogens with zero attached hydrogens (tertiary/aromatic N) is 3. The van der Waals surface area contributed by atoms with Crippen LogP contribution in [0, 0.1) is 6.92 Å². The van der Waals surface area contributed by atoms with E-state index in [9.17, 15) is 0 Å². The standard InChI is InChI=1S/C12H9BrN4S/c1-6-9(13)8-10(14)16-11(17-12(8)18-6)7-4-2-3-5-15-7/h2-5H,1H3,(H2,14,16,17). The van der Waals surface area contributed by atoms with Crippen molar-refractivity contribution in [3.63, 3.8) is 0 Å². The quantitative estimate of drug-likeness (QED) is 0.746. The van der Waals surface area contributed by atoms with Crippen LogP contribution in [0.25, 0.3) is 21.7 Å². The maximum absolute atomic E-state index is 6.01. The van der Waals surface area contributed by atoms with Gasteiger partial charge in [-0.25, -0.2) is 9.97 Å². The predicted octanol–water partition coefficient (Wildman–Crippen LogP) is 3.41. The smallest absolute Gasteiger partial charge is 0.181 e. The van der Waals surface area contributed by atoms with Crippen LogP contribution in [-0.2, 0) is 0 Å². The molecular formula is C12H9BrN4S. The van der Waals surface area contributed by atoms with Crippen LogP contribution in [-0.4, -0.2) is 15.0 Å². The lowest BCUT2D eigenvalue weighted by atomic mass is 10.3. The fourth-order valence-electron chi connectivity index (χ4n) is 1.71. The Hall–Kier alpha value is -1.53. The first kappa shape index (κ1) is 11.6. The van der Waals surface area contributed by atoms with Crippen molar-refractivity contribution in [2.24, 2.45) is 0 Å². The molecule has 3 aromatic heterocycles. The second kappa shape index (κ2) is 4.29. The van der Waals surface area contributed by atoms with E-state index < -0.39 is 0 Å². The number of hydrogen-bond acceptors (Lipinski definition) is 5. The van der Waals surface area contributed by atoms with Gasteiger partial charge in [-0.3, -0.25) is 4.98 Å². The van der Waals surface area contributed by atoms with Crippen LogP contribution in [0.2, 0.25) is 0 Å². The maximum atomic E-state index is 6.01. The molecular weight excluding hydrogens is 312 g/mol. The van der Waals surface area contributed by atoms with Crippen molar-refractivity contribution in [1.29, 1.82) is 0 Å². The van der Waals surface area contributed by atoms with E-state index in [0.29, 0.717) is 11.6 Å². The summed E-state index contributed by atoms with van der Waals surface area (Å²) in [7, 11) is 0. The van der Waals surface area contributed by atoms with Gasteiger partial charge in [0, 0.05) is 15.5 Å². The van der Waals surface area contributed by atoms with E-state index in [2.05, 4.69) is 30.9 Å². The minimum Gasteiger partial charge on any atom is -0.383 e. The average Bonchev–Trinajstić information content (AvgIpc) is 2.66. The van der Waals surface area contributed by atoms with E-state index in [1.54, 1.807) is 17.5 Å². The number of anilines is 1. The fourth-order valence-corrected chi connectivity index (χ4v) is 3.40. The van der Waals surface area contributed by atoms with Gasteiger partial charge in [0.1, 0.15) is 16.3 Å². The molecule has 0 fully saturated rings. The number of thiophene rings is 1. The largest absolute Gasteiger partial charge is 0.383 e. The summed E-state index contributed by atoms with van der Waals surface area (Å²) >= 11 is 5.11. The van der Waals surface area contributed by atoms with E-state index in [0.717, 1.165) is 25.3 Å². The van der Waals surface area contributed by atoms with E-state index >= 15 is 0 Å². The summed E-state index contributed by atoms with van der Waals surface area (Å²) in [5.41, 5.74) is 6.74. The van der Waals surface area contributed by atoms with Crippen molar-refractivity contribution < 1.29 is 0 Å². The van der Waals surface area contributed by atoms with Crippen molar-refractivity contribution >= 4 is 43.3 Å². The molecule has 2 N–H and O–H groups in total.